The third-order valence-electron chi connectivity index (χ3n) is 2.46. The molecule has 2 rings (SSSR count). The molecule has 4 heteroatoms. The number of pyridine rings is 1. The van der Waals surface area contributed by atoms with Gasteiger partial charge in [-0.05, 0) is 31.5 Å². The minimum atomic E-state index is 0.478. The van der Waals surface area contributed by atoms with E-state index in [0.29, 0.717) is 23.9 Å². The van der Waals surface area contributed by atoms with E-state index in [2.05, 4.69) is 4.98 Å². The summed E-state index contributed by atoms with van der Waals surface area (Å²) in [4.78, 5) is 4.17. The number of nitrogen functional groups attached to an aromatic ring is 1. The highest BCUT2D eigenvalue weighted by molar-refractivity contribution is 5.48. The number of nitrogens with two attached hydrogens (primary N) is 1. The largest absolute Gasteiger partial charge is 0.494 e. The Bertz CT molecular complexity index is 541. The van der Waals surface area contributed by atoms with E-state index >= 15 is 0 Å². The lowest BCUT2D eigenvalue weighted by atomic mass is 10.3. The summed E-state index contributed by atoms with van der Waals surface area (Å²) >= 11 is 0. The summed E-state index contributed by atoms with van der Waals surface area (Å²) in [7, 11) is 0. The molecule has 2 N–H and O–H groups in total. The van der Waals surface area contributed by atoms with E-state index in [1.54, 1.807) is 12.3 Å². The van der Waals surface area contributed by atoms with E-state index in [0.717, 1.165) is 11.3 Å². The van der Waals surface area contributed by atoms with Crippen molar-refractivity contribution in [3.8, 4) is 17.4 Å². The molecule has 4 nitrogen and oxygen atoms in total. The van der Waals surface area contributed by atoms with Crippen LogP contribution in [0.3, 0.4) is 0 Å². The Morgan fingerprint density at radius 2 is 2.00 bits per heavy atom. The molecular formula is C14H16N2O2. The van der Waals surface area contributed by atoms with Crippen LogP contribution in [0.5, 0.6) is 17.4 Å². The number of rotatable bonds is 4. The van der Waals surface area contributed by atoms with Crippen molar-refractivity contribution in [1.29, 1.82) is 0 Å². The molecule has 0 bridgehead atoms. The van der Waals surface area contributed by atoms with E-state index in [1.807, 2.05) is 38.1 Å². The zero-order valence-corrected chi connectivity index (χ0v) is 10.5. The zero-order valence-electron chi connectivity index (χ0n) is 10.5. The van der Waals surface area contributed by atoms with Gasteiger partial charge in [0.2, 0.25) is 5.88 Å². The number of hydrogen-bond donors (Lipinski definition) is 1. The second-order valence-electron chi connectivity index (χ2n) is 3.89. The summed E-state index contributed by atoms with van der Waals surface area (Å²) in [5, 5.41) is 0. The van der Waals surface area contributed by atoms with Gasteiger partial charge in [0.05, 0.1) is 6.61 Å². The minimum absolute atomic E-state index is 0.478. The Morgan fingerprint density at radius 3 is 2.72 bits per heavy atom. The molecule has 18 heavy (non-hydrogen) atoms. The quantitative estimate of drug-likeness (QED) is 0.897. The van der Waals surface area contributed by atoms with Crippen molar-refractivity contribution in [3.05, 3.63) is 42.1 Å². The first kappa shape index (κ1) is 12.2. The molecule has 0 saturated carbocycles. The van der Waals surface area contributed by atoms with E-state index in [1.165, 1.54) is 0 Å². The molecular weight excluding hydrogens is 228 g/mol. The Kier molecular flexibility index (Phi) is 3.67. The van der Waals surface area contributed by atoms with E-state index in [-0.39, 0.29) is 0 Å². The lowest BCUT2D eigenvalue weighted by Gasteiger charge is -2.08. The fraction of sp³-hybridized carbons (Fsp3) is 0.214. The summed E-state index contributed by atoms with van der Waals surface area (Å²) in [5.41, 5.74) is 7.41. The average Bonchev–Trinajstić information content (AvgIpc) is 2.35. The van der Waals surface area contributed by atoms with Gasteiger partial charge >= 0.3 is 0 Å². The lowest BCUT2D eigenvalue weighted by molar-refractivity contribution is 0.338. The number of ether oxygens (including phenoxy) is 2. The highest BCUT2D eigenvalue weighted by atomic mass is 16.5. The monoisotopic (exact) mass is 244 g/mol. The SMILES string of the molecule is CCOc1cccc(Oc2cc(N)c(C)cn2)c1. The van der Waals surface area contributed by atoms with Crippen molar-refractivity contribution < 1.29 is 9.47 Å². The molecule has 0 amide bonds. The molecule has 0 atom stereocenters. The third kappa shape index (κ3) is 2.91. The predicted octanol–water partition coefficient (Wildman–Crippen LogP) is 3.16. The average molecular weight is 244 g/mol. The Balaban J connectivity index is 2.17. The van der Waals surface area contributed by atoms with Gasteiger partial charge in [-0.25, -0.2) is 4.98 Å². The number of aryl methyl sites for hydroxylation is 1. The smallest absolute Gasteiger partial charge is 0.221 e. The number of hydrogen-bond acceptors (Lipinski definition) is 4. The van der Waals surface area contributed by atoms with Gasteiger partial charge in [-0.15, -0.1) is 0 Å². The van der Waals surface area contributed by atoms with Crippen LogP contribution in [0.25, 0.3) is 0 Å². The Morgan fingerprint density at radius 1 is 1.22 bits per heavy atom. The highest BCUT2D eigenvalue weighted by Crippen LogP contribution is 2.25. The van der Waals surface area contributed by atoms with Gasteiger partial charge in [0, 0.05) is 24.0 Å². The van der Waals surface area contributed by atoms with E-state index in [4.69, 9.17) is 15.2 Å². The maximum atomic E-state index is 5.81. The number of aromatic nitrogens is 1. The molecule has 0 unspecified atom stereocenters. The first-order valence-electron chi connectivity index (χ1n) is 5.82. The van der Waals surface area contributed by atoms with Gasteiger partial charge in [0.15, 0.2) is 0 Å². The first-order chi connectivity index (χ1) is 8.69. The summed E-state index contributed by atoms with van der Waals surface area (Å²) < 4.78 is 11.0. The van der Waals surface area contributed by atoms with Gasteiger partial charge in [0.25, 0.3) is 0 Å². The van der Waals surface area contributed by atoms with Crippen LogP contribution in [-0.2, 0) is 0 Å². The predicted molar refractivity (Wildman–Crippen MR) is 71.1 cm³/mol. The van der Waals surface area contributed by atoms with Crippen molar-refractivity contribution in [1.82, 2.24) is 4.98 Å². The maximum absolute atomic E-state index is 5.81. The summed E-state index contributed by atoms with van der Waals surface area (Å²) in [5.74, 6) is 1.93. The number of nitrogens with zero attached hydrogens (tertiary/aromatic N) is 1. The number of benzene rings is 1. The highest BCUT2D eigenvalue weighted by Gasteiger charge is 2.02. The fourth-order valence-corrected chi connectivity index (χ4v) is 1.49. The minimum Gasteiger partial charge on any atom is -0.494 e. The molecule has 1 aromatic carbocycles. The van der Waals surface area contributed by atoms with E-state index < -0.39 is 0 Å². The van der Waals surface area contributed by atoms with Crippen molar-refractivity contribution in [2.24, 2.45) is 0 Å². The van der Waals surface area contributed by atoms with Crippen LogP contribution in [0.15, 0.2) is 36.5 Å². The molecule has 1 aromatic heterocycles. The van der Waals surface area contributed by atoms with Gasteiger partial charge in [-0.1, -0.05) is 6.07 Å². The first-order valence-corrected chi connectivity index (χ1v) is 5.82. The molecule has 94 valence electrons. The van der Waals surface area contributed by atoms with Crippen LogP contribution in [0.1, 0.15) is 12.5 Å². The maximum Gasteiger partial charge on any atom is 0.221 e. The van der Waals surface area contributed by atoms with Gasteiger partial charge in [-0.2, -0.15) is 0 Å². The van der Waals surface area contributed by atoms with Crippen LogP contribution in [0.4, 0.5) is 5.69 Å². The van der Waals surface area contributed by atoms with Gasteiger partial charge in [0.1, 0.15) is 11.5 Å². The zero-order chi connectivity index (χ0) is 13.0. The van der Waals surface area contributed by atoms with Crippen LogP contribution < -0.4 is 15.2 Å². The summed E-state index contributed by atoms with van der Waals surface area (Å²) in [6.45, 7) is 4.47. The molecule has 0 aliphatic rings. The van der Waals surface area contributed by atoms with Crippen LogP contribution >= 0.6 is 0 Å². The van der Waals surface area contributed by atoms with E-state index in [9.17, 15) is 0 Å². The number of anilines is 1. The van der Waals surface area contributed by atoms with Crippen molar-refractivity contribution in [2.45, 2.75) is 13.8 Å². The third-order valence-corrected chi connectivity index (χ3v) is 2.46. The van der Waals surface area contributed by atoms with Crippen LogP contribution in [-0.4, -0.2) is 11.6 Å². The summed E-state index contributed by atoms with van der Waals surface area (Å²) in [6, 6.07) is 9.13. The van der Waals surface area contributed by atoms with Crippen molar-refractivity contribution >= 4 is 5.69 Å². The fourth-order valence-electron chi connectivity index (χ4n) is 1.49. The van der Waals surface area contributed by atoms with Gasteiger partial charge in [-0.3, -0.25) is 0 Å². The molecule has 0 aliphatic heterocycles. The summed E-state index contributed by atoms with van der Waals surface area (Å²) in [6.07, 6.45) is 1.69. The molecule has 0 fully saturated rings. The molecule has 0 spiro atoms. The van der Waals surface area contributed by atoms with Crippen molar-refractivity contribution in [2.75, 3.05) is 12.3 Å². The molecule has 0 radical (unpaired) electrons. The molecule has 2 aromatic rings. The Labute approximate surface area is 106 Å². The second kappa shape index (κ2) is 5.40. The van der Waals surface area contributed by atoms with Crippen LogP contribution in [0, 0.1) is 6.92 Å². The Hall–Kier alpha value is -2.23. The van der Waals surface area contributed by atoms with Crippen LogP contribution in [0.2, 0.25) is 0 Å². The molecule has 0 aliphatic carbocycles. The second-order valence-corrected chi connectivity index (χ2v) is 3.89. The topological polar surface area (TPSA) is 57.4 Å². The standard InChI is InChI=1S/C14H16N2O2/c1-3-17-11-5-4-6-12(7-11)18-14-8-13(15)10(2)9-16-14/h4-9H,3H2,1-2H3,(H2,15,16). The lowest BCUT2D eigenvalue weighted by Crippen LogP contribution is -1.95. The van der Waals surface area contributed by atoms with Gasteiger partial charge < -0.3 is 15.2 Å². The molecule has 1 heterocycles. The van der Waals surface area contributed by atoms with Crippen molar-refractivity contribution in [3.63, 3.8) is 0 Å². The molecule has 0 saturated heterocycles. The normalized spacial score (nSPS) is 10.1.